The molecule has 2 N–H and O–H groups in total. The van der Waals surface area contributed by atoms with E-state index in [9.17, 15) is 8.42 Å². The van der Waals surface area contributed by atoms with Gasteiger partial charge in [0.2, 0.25) is 10.0 Å². The normalized spacial score (nSPS) is 11.2. The van der Waals surface area contributed by atoms with Gasteiger partial charge in [-0.3, -0.25) is 4.98 Å². The van der Waals surface area contributed by atoms with Crippen LogP contribution in [0.4, 0.5) is 5.69 Å². The second kappa shape index (κ2) is 5.81. The zero-order valence-electron chi connectivity index (χ0n) is 10.5. The number of sulfonamides is 1. The van der Waals surface area contributed by atoms with Crippen molar-refractivity contribution in [2.24, 2.45) is 0 Å². The molecule has 19 heavy (non-hydrogen) atoms. The monoisotopic (exact) mass is 277 g/mol. The number of nitrogens with zero attached hydrogens (tertiary/aromatic N) is 1. The van der Waals surface area contributed by atoms with E-state index >= 15 is 0 Å². The number of rotatable bonds is 5. The van der Waals surface area contributed by atoms with Crippen molar-refractivity contribution in [1.82, 2.24) is 9.71 Å². The fourth-order valence-corrected chi connectivity index (χ4v) is 2.55. The van der Waals surface area contributed by atoms with Crippen molar-refractivity contribution >= 4 is 15.7 Å². The Morgan fingerprint density at radius 3 is 2.42 bits per heavy atom. The molecule has 6 heteroatoms. The fourth-order valence-electron chi connectivity index (χ4n) is 1.56. The van der Waals surface area contributed by atoms with Gasteiger partial charge in [-0.1, -0.05) is 6.07 Å². The smallest absolute Gasteiger partial charge is 0.240 e. The lowest BCUT2D eigenvalue weighted by molar-refractivity contribution is 0.580. The number of anilines is 1. The van der Waals surface area contributed by atoms with E-state index in [-0.39, 0.29) is 11.4 Å². The lowest BCUT2D eigenvalue weighted by atomic mass is 10.3. The largest absolute Gasteiger partial charge is 0.388 e. The molecular weight excluding hydrogens is 262 g/mol. The molecule has 100 valence electrons. The molecule has 0 saturated heterocycles. The van der Waals surface area contributed by atoms with Gasteiger partial charge in [0.25, 0.3) is 0 Å². The Hall–Kier alpha value is -1.92. The van der Waals surface area contributed by atoms with Crippen molar-refractivity contribution in [1.29, 1.82) is 0 Å². The highest BCUT2D eigenvalue weighted by atomic mass is 32.2. The summed E-state index contributed by atoms with van der Waals surface area (Å²) >= 11 is 0. The van der Waals surface area contributed by atoms with E-state index in [0.717, 1.165) is 5.69 Å². The van der Waals surface area contributed by atoms with Crippen molar-refractivity contribution in [3.05, 3.63) is 54.4 Å². The molecule has 0 aliphatic rings. The van der Waals surface area contributed by atoms with E-state index in [0.29, 0.717) is 5.69 Å². The summed E-state index contributed by atoms with van der Waals surface area (Å²) in [5, 5.41) is 2.94. The van der Waals surface area contributed by atoms with E-state index < -0.39 is 10.0 Å². The Labute approximate surface area is 112 Å². The minimum atomic E-state index is -3.50. The van der Waals surface area contributed by atoms with Gasteiger partial charge in [-0.05, 0) is 36.4 Å². The molecule has 0 bridgehead atoms. The maximum Gasteiger partial charge on any atom is 0.240 e. The van der Waals surface area contributed by atoms with Gasteiger partial charge in [0, 0.05) is 18.9 Å². The van der Waals surface area contributed by atoms with E-state index in [1.165, 1.54) is 0 Å². The van der Waals surface area contributed by atoms with Gasteiger partial charge >= 0.3 is 0 Å². The van der Waals surface area contributed by atoms with Crippen LogP contribution < -0.4 is 10.0 Å². The highest BCUT2D eigenvalue weighted by Gasteiger charge is 2.13. The Kier molecular flexibility index (Phi) is 4.13. The molecule has 0 radical (unpaired) electrons. The predicted octanol–water partition coefficient (Wildman–Crippen LogP) is 1.60. The maximum atomic E-state index is 12.0. The molecule has 0 saturated carbocycles. The zero-order chi connectivity index (χ0) is 13.7. The van der Waals surface area contributed by atoms with E-state index in [4.69, 9.17) is 0 Å². The molecule has 0 fully saturated rings. The summed E-state index contributed by atoms with van der Waals surface area (Å²) in [5.41, 5.74) is 1.54. The van der Waals surface area contributed by atoms with Crippen LogP contribution in [0.1, 0.15) is 5.69 Å². The molecule has 0 atom stereocenters. The van der Waals surface area contributed by atoms with Crippen LogP contribution in [0.5, 0.6) is 0 Å². The van der Waals surface area contributed by atoms with Crippen LogP contribution in [0.2, 0.25) is 0 Å². The van der Waals surface area contributed by atoms with Crippen LogP contribution in [0.15, 0.2) is 53.6 Å². The molecule has 1 aromatic heterocycles. The van der Waals surface area contributed by atoms with E-state index in [2.05, 4.69) is 15.0 Å². The van der Waals surface area contributed by atoms with Crippen molar-refractivity contribution in [3.8, 4) is 0 Å². The van der Waals surface area contributed by atoms with Crippen LogP contribution in [0.25, 0.3) is 0 Å². The summed E-state index contributed by atoms with van der Waals surface area (Å²) in [6.45, 7) is 0.178. The molecule has 5 nitrogen and oxygen atoms in total. The van der Waals surface area contributed by atoms with Gasteiger partial charge in [-0.15, -0.1) is 0 Å². The second-order valence-electron chi connectivity index (χ2n) is 3.92. The molecule has 0 aliphatic carbocycles. The van der Waals surface area contributed by atoms with Crippen LogP contribution in [-0.4, -0.2) is 20.4 Å². The molecule has 1 heterocycles. The average Bonchev–Trinajstić information content (AvgIpc) is 2.46. The third kappa shape index (κ3) is 3.52. The molecule has 0 spiro atoms. The summed E-state index contributed by atoms with van der Waals surface area (Å²) < 4.78 is 26.6. The molecule has 0 aliphatic heterocycles. The minimum absolute atomic E-state index is 0.178. The van der Waals surface area contributed by atoms with Crippen molar-refractivity contribution < 1.29 is 8.42 Å². The van der Waals surface area contributed by atoms with Crippen LogP contribution in [0, 0.1) is 0 Å². The zero-order valence-corrected chi connectivity index (χ0v) is 11.3. The van der Waals surface area contributed by atoms with Crippen molar-refractivity contribution in [3.63, 3.8) is 0 Å². The highest BCUT2D eigenvalue weighted by molar-refractivity contribution is 7.89. The highest BCUT2D eigenvalue weighted by Crippen LogP contribution is 2.13. The van der Waals surface area contributed by atoms with Gasteiger partial charge in [0.15, 0.2) is 0 Å². The quantitative estimate of drug-likeness (QED) is 0.871. The van der Waals surface area contributed by atoms with Gasteiger partial charge in [0.1, 0.15) is 0 Å². The first-order valence-corrected chi connectivity index (χ1v) is 7.27. The number of aromatic nitrogens is 1. The number of nitrogens with one attached hydrogen (secondary N) is 2. The van der Waals surface area contributed by atoms with Gasteiger partial charge in [-0.2, -0.15) is 0 Å². The Bertz CT molecular complexity index is 625. The predicted molar refractivity (Wildman–Crippen MR) is 74.3 cm³/mol. The lowest BCUT2D eigenvalue weighted by Gasteiger charge is -2.07. The minimum Gasteiger partial charge on any atom is -0.388 e. The summed E-state index contributed by atoms with van der Waals surface area (Å²) in [6.07, 6.45) is 1.63. The third-order valence-corrected chi connectivity index (χ3v) is 4.04. The first kappa shape index (κ1) is 13.5. The Morgan fingerprint density at radius 1 is 1.11 bits per heavy atom. The van der Waals surface area contributed by atoms with Crippen LogP contribution in [0.3, 0.4) is 0 Å². The Balaban J connectivity index is 2.09. The number of pyridine rings is 1. The van der Waals surface area contributed by atoms with Crippen molar-refractivity contribution in [2.45, 2.75) is 11.4 Å². The van der Waals surface area contributed by atoms with Gasteiger partial charge < -0.3 is 5.32 Å². The number of hydrogen-bond acceptors (Lipinski definition) is 4. The van der Waals surface area contributed by atoms with Crippen LogP contribution in [-0.2, 0) is 16.6 Å². The third-order valence-electron chi connectivity index (χ3n) is 2.62. The van der Waals surface area contributed by atoms with Crippen LogP contribution >= 0.6 is 0 Å². The SMILES string of the molecule is CNc1ccc(S(=O)(=O)NCc2ccccn2)cc1. The molecular formula is C13H15N3O2S. The fraction of sp³-hybridized carbons (Fsp3) is 0.154. The summed E-state index contributed by atoms with van der Waals surface area (Å²) in [5.74, 6) is 0. The molecule has 0 amide bonds. The Morgan fingerprint density at radius 2 is 1.84 bits per heavy atom. The second-order valence-corrected chi connectivity index (χ2v) is 5.69. The standard InChI is InChI=1S/C13H15N3O2S/c1-14-11-5-7-13(8-6-11)19(17,18)16-10-12-4-2-3-9-15-12/h2-9,14,16H,10H2,1H3. The number of hydrogen-bond donors (Lipinski definition) is 2. The summed E-state index contributed by atoms with van der Waals surface area (Å²) in [7, 11) is -1.72. The lowest BCUT2D eigenvalue weighted by Crippen LogP contribution is -2.23. The van der Waals surface area contributed by atoms with Gasteiger partial charge in [-0.25, -0.2) is 13.1 Å². The maximum absolute atomic E-state index is 12.0. The summed E-state index contributed by atoms with van der Waals surface area (Å²) in [4.78, 5) is 4.30. The first-order valence-electron chi connectivity index (χ1n) is 5.79. The van der Waals surface area contributed by atoms with E-state index in [1.807, 2.05) is 6.07 Å². The molecule has 2 rings (SSSR count). The van der Waals surface area contributed by atoms with Crippen molar-refractivity contribution in [2.75, 3.05) is 12.4 Å². The molecule has 2 aromatic rings. The van der Waals surface area contributed by atoms with Gasteiger partial charge in [0.05, 0.1) is 17.1 Å². The summed E-state index contributed by atoms with van der Waals surface area (Å²) in [6, 6.07) is 11.9. The topological polar surface area (TPSA) is 71.1 Å². The number of benzene rings is 1. The molecule has 0 unspecified atom stereocenters. The average molecular weight is 277 g/mol. The molecule has 1 aromatic carbocycles. The first-order chi connectivity index (χ1) is 9.12. The van der Waals surface area contributed by atoms with E-state index in [1.54, 1.807) is 49.6 Å².